The molecule has 2 rings (SSSR count). The third kappa shape index (κ3) is 6.26. The lowest BCUT2D eigenvalue weighted by Crippen LogP contribution is -2.45. The van der Waals surface area contributed by atoms with Crippen molar-refractivity contribution in [1.82, 2.24) is 9.62 Å². The lowest BCUT2D eigenvalue weighted by Gasteiger charge is -2.34. The molecule has 0 aromatic heterocycles. The second-order valence-electron chi connectivity index (χ2n) is 6.43. The van der Waals surface area contributed by atoms with E-state index in [1.807, 2.05) is 11.8 Å². The highest BCUT2D eigenvalue weighted by molar-refractivity contribution is 7.89. The summed E-state index contributed by atoms with van der Waals surface area (Å²) in [5, 5.41) is 0. The summed E-state index contributed by atoms with van der Waals surface area (Å²) in [6.45, 7) is 5.29. The Hall–Kier alpha value is -1.15. The Bertz CT molecular complexity index is 662. The van der Waals surface area contributed by atoms with Gasteiger partial charge in [-0.3, -0.25) is 4.79 Å². The highest BCUT2D eigenvalue weighted by Gasteiger charge is 2.26. The molecule has 25 heavy (non-hydrogen) atoms. The largest absolute Gasteiger partial charge is 0.338 e. The molecular weight excluding hydrogens is 362 g/mol. The number of likely N-dealkylation sites (tertiary alicyclic amines) is 1. The minimum Gasteiger partial charge on any atom is -0.338 e. The van der Waals surface area contributed by atoms with E-state index in [9.17, 15) is 13.2 Å². The molecule has 6 nitrogen and oxygen atoms in total. The van der Waals surface area contributed by atoms with Gasteiger partial charge in [0.05, 0.1) is 5.75 Å². The van der Waals surface area contributed by atoms with E-state index in [-0.39, 0.29) is 36.7 Å². The van der Waals surface area contributed by atoms with Crippen LogP contribution in [0.3, 0.4) is 0 Å². The van der Waals surface area contributed by atoms with Gasteiger partial charge in [0.1, 0.15) is 0 Å². The smallest absolute Gasteiger partial charge is 0.253 e. The third-order valence-corrected chi connectivity index (χ3v) is 5.91. The molecule has 0 aliphatic carbocycles. The lowest BCUT2D eigenvalue weighted by molar-refractivity contribution is 0.0661. The number of nitrogens with zero attached hydrogens (tertiary/aromatic N) is 1. The van der Waals surface area contributed by atoms with Crippen LogP contribution in [0.15, 0.2) is 24.3 Å². The fourth-order valence-electron chi connectivity index (χ4n) is 2.87. The molecule has 8 heteroatoms. The predicted octanol–water partition coefficient (Wildman–Crippen LogP) is 1.75. The molecule has 0 radical (unpaired) electrons. The molecule has 0 spiro atoms. The molecule has 0 bridgehead atoms. The van der Waals surface area contributed by atoms with Crippen LogP contribution in [0.5, 0.6) is 0 Å². The van der Waals surface area contributed by atoms with E-state index in [0.29, 0.717) is 18.0 Å². The summed E-state index contributed by atoms with van der Waals surface area (Å²) in [6, 6.07) is 7.19. The van der Waals surface area contributed by atoms with Gasteiger partial charge in [-0.2, -0.15) is 0 Å². The first-order valence-corrected chi connectivity index (χ1v) is 10.1. The van der Waals surface area contributed by atoms with Crippen LogP contribution in [-0.2, 0) is 16.6 Å². The van der Waals surface area contributed by atoms with E-state index in [1.54, 1.807) is 31.2 Å². The maximum Gasteiger partial charge on any atom is 0.253 e. The van der Waals surface area contributed by atoms with Gasteiger partial charge >= 0.3 is 0 Å². The van der Waals surface area contributed by atoms with Gasteiger partial charge in [0.25, 0.3) is 5.91 Å². The van der Waals surface area contributed by atoms with Crippen LogP contribution < -0.4 is 10.5 Å². The van der Waals surface area contributed by atoms with E-state index >= 15 is 0 Å². The van der Waals surface area contributed by atoms with Gasteiger partial charge in [0.15, 0.2) is 0 Å². The second kappa shape index (κ2) is 9.52. The molecule has 1 heterocycles. The van der Waals surface area contributed by atoms with Crippen LogP contribution in [0, 0.1) is 5.92 Å². The summed E-state index contributed by atoms with van der Waals surface area (Å²) < 4.78 is 25.4. The van der Waals surface area contributed by atoms with Crippen molar-refractivity contribution in [3.05, 3.63) is 35.4 Å². The fraction of sp³-hybridized carbons (Fsp3) is 0.588. The van der Waals surface area contributed by atoms with Gasteiger partial charge in [-0.05, 0) is 50.3 Å². The molecule has 1 aromatic carbocycles. The summed E-state index contributed by atoms with van der Waals surface area (Å²) in [5.74, 6) is 0.422. The van der Waals surface area contributed by atoms with Crippen LogP contribution >= 0.6 is 12.4 Å². The van der Waals surface area contributed by atoms with Crippen molar-refractivity contribution in [3.63, 3.8) is 0 Å². The highest BCUT2D eigenvalue weighted by Crippen LogP contribution is 2.20. The summed E-state index contributed by atoms with van der Waals surface area (Å²) in [4.78, 5) is 14.5. The number of benzene rings is 1. The average Bonchev–Trinajstić information content (AvgIpc) is 2.60. The molecule has 142 valence electrons. The van der Waals surface area contributed by atoms with Crippen molar-refractivity contribution in [2.24, 2.45) is 11.7 Å². The number of sulfonamides is 1. The summed E-state index contributed by atoms with van der Waals surface area (Å²) >= 11 is 0. The Morgan fingerprint density at radius 2 is 2.00 bits per heavy atom. The topological polar surface area (TPSA) is 92.5 Å². The molecule has 2 unspecified atom stereocenters. The normalized spacial score (nSPS) is 19.2. The summed E-state index contributed by atoms with van der Waals surface area (Å²) in [5.41, 5.74) is 7.43. The van der Waals surface area contributed by atoms with Crippen LogP contribution in [0.1, 0.15) is 42.6 Å². The lowest BCUT2D eigenvalue weighted by atomic mass is 9.92. The number of hydrogen-bond acceptors (Lipinski definition) is 4. The Balaban J connectivity index is 0.00000312. The molecule has 0 saturated carbocycles. The van der Waals surface area contributed by atoms with Gasteiger partial charge in [-0.25, -0.2) is 13.1 Å². The van der Waals surface area contributed by atoms with Crippen LogP contribution in [0.4, 0.5) is 0 Å². The summed E-state index contributed by atoms with van der Waals surface area (Å²) in [6.07, 6.45) is 2.05. The van der Waals surface area contributed by atoms with E-state index in [2.05, 4.69) is 4.72 Å². The van der Waals surface area contributed by atoms with Crippen molar-refractivity contribution in [3.8, 4) is 0 Å². The maximum atomic E-state index is 12.6. The van der Waals surface area contributed by atoms with Gasteiger partial charge in [0.2, 0.25) is 10.0 Å². The van der Waals surface area contributed by atoms with E-state index < -0.39 is 10.0 Å². The molecule has 2 atom stereocenters. The van der Waals surface area contributed by atoms with E-state index in [0.717, 1.165) is 24.9 Å². The van der Waals surface area contributed by atoms with Crippen LogP contribution in [0.25, 0.3) is 0 Å². The first-order chi connectivity index (χ1) is 11.3. The Morgan fingerprint density at radius 1 is 1.36 bits per heavy atom. The molecule has 1 amide bonds. The number of carbonyl (C=O) groups is 1. The number of nitrogens with two attached hydrogens (primary N) is 1. The minimum atomic E-state index is -3.21. The molecule has 1 saturated heterocycles. The SMILES string of the molecule is CCS(=O)(=O)NCc1ccc(C(=O)N2CCCC(C(C)N)C2)cc1.Cl. The zero-order valence-corrected chi connectivity index (χ0v) is 16.4. The molecule has 1 fully saturated rings. The van der Waals surface area contributed by atoms with E-state index in [1.165, 1.54) is 0 Å². The average molecular weight is 390 g/mol. The molecular formula is C17H28ClN3O3S. The number of nitrogens with one attached hydrogen (secondary N) is 1. The van der Waals surface area contributed by atoms with Crippen LogP contribution in [0.2, 0.25) is 0 Å². The van der Waals surface area contributed by atoms with Gasteiger partial charge in [0, 0.05) is 31.2 Å². The quantitative estimate of drug-likeness (QED) is 0.775. The Kier molecular flexibility index (Phi) is 8.34. The zero-order chi connectivity index (χ0) is 17.7. The number of carbonyl (C=O) groups excluding carboxylic acids is 1. The molecule has 1 aliphatic rings. The Labute approximate surface area is 156 Å². The number of halogens is 1. The van der Waals surface area contributed by atoms with Crippen molar-refractivity contribution in [2.75, 3.05) is 18.8 Å². The first kappa shape index (κ1) is 21.9. The van der Waals surface area contributed by atoms with Crippen molar-refractivity contribution in [1.29, 1.82) is 0 Å². The minimum absolute atomic E-state index is 0. The standard InChI is InChI=1S/C17H27N3O3S.ClH/c1-3-24(22,23)19-11-14-6-8-15(9-7-14)17(21)20-10-4-5-16(12-20)13(2)18;/h6-9,13,16,19H,3-5,10-12,18H2,1-2H3;1H. The van der Waals surface area contributed by atoms with Crippen molar-refractivity contribution >= 4 is 28.3 Å². The van der Waals surface area contributed by atoms with E-state index in [4.69, 9.17) is 5.73 Å². The van der Waals surface area contributed by atoms with Gasteiger partial charge in [-0.1, -0.05) is 12.1 Å². The van der Waals surface area contributed by atoms with Gasteiger partial charge < -0.3 is 10.6 Å². The maximum absolute atomic E-state index is 12.6. The first-order valence-electron chi connectivity index (χ1n) is 8.43. The second-order valence-corrected chi connectivity index (χ2v) is 8.53. The highest BCUT2D eigenvalue weighted by atomic mass is 35.5. The molecule has 3 N–H and O–H groups in total. The summed E-state index contributed by atoms with van der Waals surface area (Å²) in [7, 11) is -3.21. The number of amides is 1. The number of rotatable bonds is 6. The molecule has 1 aliphatic heterocycles. The van der Waals surface area contributed by atoms with Crippen LogP contribution in [-0.4, -0.2) is 44.1 Å². The third-order valence-electron chi connectivity index (χ3n) is 4.57. The van der Waals surface area contributed by atoms with Crippen molar-refractivity contribution < 1.29 is 13.2 Å². The Morgan fingerprint density at radius 3 is 2.56 bits per heavy atom. The number of piperidine rings is 1. The fourth-order valence-corrected chi connectivity index (χ4v) is 3.46. The van der Waals surface area contributed by atoms with Gasteiger partial charge in [-0.15, -0.1) is 12.4 Å². The number of hydrogen-bond donors (Lipinski definition) is 2. The predicted molar refractivity (Wildman–Crippen MR) is 102 cm³/mol. The zero-order valence-electron chi connectivity index (χ0n) is 14.8. The van der Waals surface area contributed by atoms with Crippen molar-refractivity contribution in [2.45, 2.75) is 39.3 Å². The monoisotopic (exact) mass is 389 g/mol. The molecule has 1 aromatic rings.